The number of rotatable bonds is 7. The van der Waals surface area contributed by atoms with E-state index in [1.54, 1.807) is 30.1 Å². The predicted octanol–water partition coefficient (Wildman–Crippen LogP) is 3.54. The minimum Gasteiger partial charge on any atom is -0.497 e. The largest absolute Gasteiger partial charge is 0.497 e. The molecule has 0 aliphatic carbocycles. The number of thiophene rings is 1. The van der Waals surface area contributed by atoms with Gasteiger partial charge in [-0.1, -0.05) is 25.1 Å². The lowest BCUT2D eigenvalue weighted by molar-refractivity contribution is -0.160. The van der Waals surface area contributed by atoms with Crippen molar-refractivity contribution >= 4 is 33.2 Å². The highest BCUT2D eigenvalue weighted by molar-refractivity contribution is 7.19. The van der Waals surface area contributed by atoms with Crippen molar-refractivity contribution in [2.45, 2.75) is 32.5 Å². The van der Waals surface area contributed by atoms with Crippen LogP contribution in [0.5, 0.6) is 11.5 Å². The Morgan fingerprint density at radius 3 is 2.46 bits per heavy atom. The van der Waals surface area contributed by atoms with E-state index in [4.69, 9.17) is 9.47 Å². The quantitative estimate of drug-likeness (QED) is 0.504. The number of nitrogens with zero attached hydrogens (tertiary/aromatic N) is 3. The summed E-state index contributed by atoms with van der Waals surface area (Å²) in [7, 11) is 3.20. The third-order valence-electron chi connectivity index (χ3n) is 6.98. The van der Waals surface area contributed by atoms with E-state index in [2.05, 4.69) is 36.1 Å². The van der Waals surface area contributed by atoms with Crippen molar-refractivity contribution in [2.75, 3.05) is 40.4 Å². The van der Waals surface area contributed by atoms with Gasteiger partial charge in [-0.25, -0.2) is 0 Å². The standard InChI is InChI=1S/C27H31N3O4S/c1-4-24-22(21-7-5-6-8-25(21)35-24)15-28-9-10-30-23(16-28)27(32)29(17-26(30)31)14-18-11-19(33-2)13-20(12-18)34-3/h5-8,11-13,23H,4,9-10,14-17H2,1-3H3. The van der Waals surface area contributed by atoms with Crippen LogP contribution >= 0.6 is 11.3 Å². The predicted molar refractivity (Wildman–Crippen MR) is 137 cm³/mol. The molecular weight excluding hydrogens is 462 g/mol. The normalized spacial score (nSPS) is 18.8. The highest BCUT2D eigenvalue weighted by Crippen LogP contribution is 2.33. The Bertz CT molecular complexity index is 1230. The molecule has 2 saturated heterocycles. The van der Waals surface area contributed by atoms with Crippen LogP contribution < -0.4 is 9.47 Å². The molecule has 8 heteroatoms. The van der Waals surface area contributed by atoms with E-state index >= 15 is 0 Å². The van der Waals surface area contributed by atoms with Gasteiger partial charge in [-0.3, -0.25) is 14.5 Å². The molecule has 0 N–H and O–H groups in total. The highest BCUT2D eigenvalue weighted by Gasteiger charge is 2.42. The second-order valence-corrected chi connectivity index (χ2v) is 10.2. The summed E-state index contributed by atoms with van der Waals surface area (Å²) < 4.78 is 12.0. The SMILES string of the molecule is CCc1sc2ccccc2c1CN1CCN2C(=O)CN(Cc3cc(OC)cc(OC)c3)C(=O)C2C1. The zero-order valence-electron chi connectivity index (χ0n) is 20.5. The molecular formula is C27H31N3O4S. The summed E-state index contributed by atoms with van der Waals surface area (Å²) in [5, 5.41) is 1.30. The smallest absolute Gasteiger partial charge is 0.247 e. The number of hydrogen-bond acceptors (Lipinski definition) is 6. The van der Waals surface area contributed by atoms with Crippen molar-refractivity contribution in [1.82, 2.24) is 14.7 Å². The van der Waals surface area contributed by atoms with Gasteiger partial charge in [0.1, 0.15) is 24.1 Å². The number of aryl methyl sites for hydroxylation is 1. The van der Waals surface area contributed by atoms with Crippen molar-refractivity contribution < 1.29 is 19.1 Å². The molecule has 2 amide bonds. The molecule has 3 aromatic rings. The summed E-state index contributed by atoms with van der Waals surface area (Å²) in [6.45, 7) is 5.35. The Hall–Kier alpha value is -3.10. The lowest BCUT2D eigenvalue weighted by Gasteiger charge is -2.46. The lowest BCUT2D eigenvalue weighted by atomic mass is 10.0. The second-order valence-electron chi connectivity index (χ2n) is 9.11. The van der Waals surface area contributed by atoms with E-state index in [0.29, 0.717) is 31.1 Å². The van der Waals surface area contributed by atoms with E-state index in [0.717, 1.165) is 25.1 Å². The van der Waals surface area contributed by atoms with Gasteiger partial charge in [0, 0.05) is 48.4 Å². The van der Waals surface area contributed by atoms with E-state index in [-0.39, 0.29) is 18.4 Å². The van der Waals surface area contributed by atoms with Crippen molar-refractivity contribution in [3.63, 3.8) is 0 Å². The lowest BCUT2D eigenvalue weighted by Crippen LogP contribution is -2.66. The molecule has 1 atom stereocenters. The third-order valence-corrected chi connectivity index (χ3v) is 8.33. The number of benzene rings is 2. The maximum absolute atomic E-state index is 13.5. The fourth-order valence-electron chi connectivity index (χ4n) is 5.18. The zero-order valence-corrected chi connectivity index (χ0v) is 21.3. The molecule has 2 fully saturated rings. The summed E-state index contributed by atoms with van der Waals surface area (Å²) >= 11 is 1.86. The molecule has 0 saturated carbocycles. The average molecular weight is 494 g/mol. The van der Waals surface area contributed by atoms with E-state index in [1.807, 2.05) is 23.5 Å². The summed E-state index contributed by atoms with van der Waals surface area (Å²) in [4.78, 5) is 33.7. The van der Waals surface area contributed by atoms with Crippen LogP contribution in [0.1, 0.15) is 22.9 Å². The van der Waals surface area contributed by atoms with Gasteiger partial charge in [0.15, 0.2) is 0 Å². The van der Waals surface area contributed by atoms with Crippen LogP contribution in [-0.2, 0) is 29.1 Å². The fraction of sp³-hybridized carbons (Fsp3) is 0.407. The van der Waals surface area contributed by atoms with Gasteiger partial charge in [0.2, 0.25) is 11.8 Å². The van der Waals surface area contributed by atoms with Crippen LogP contribution in [0.15, 0.2) is 42.5 Å². The van der Waals surface area contributed by atoms with Gasteiger partial charge in [-0.15, -0.1) is 11.3 Å². The number of piperazine rings is 2. The summed E-state index contributed by atoms with van der Waals surface area (Å²) in [6, 6.07) is 13.6. The van der Waals surface area contributed by atoms with Crippen molar-refractivity contribution in [3.05, 3.63) is 58.5 Å². The summed E-state index contributed by atoms with van der Waals surface area (Å²) in [5.74, 6) is 1.34. The second kappa shape index (κ2) is 9.87. The topological polar surface area (TPSA) is 62.3 Å². The molecule has 1 aromatic heterocycles. The van der Waals surface area contributed by atoms with Crippen molar-refractivity contribution in [3.8, 4) is 11.5 Å². The Morgan fingerprint density at radius 2 is 1.74 bits per heavy atom. The van der Waals surface area contributed by atoms with Crippen LogP contribution in [0, 0.1) is 0 Å². The number of amides is 2. The molecule has 3 heterocycles. The number of carbonyl (C=O) groups is 2. The van der Waals surface area contributed by atoms with Crippen molar-refractivity contribution in [1.29, 1.82) is 0 Å². The number of methoxy groups -OCH3 is 2. The summed E-state index contributed by atoms with van der Waals surface area (Å²) in [6.07, 6.45) is 0.993. The van der Waals surface area contributed by atoms with E-state index in [9.17, 15) is 9.59 Å². The Labute approximate surface area is 209 Å². The maximum Gasteiger partial charge on any atom is 0.247 e. The first-order chi connectivity index (χ1) is 17.0. The van der Waals surface area contributed by atoms with Crippen molar-refractivity contribution in [2.24, 2.45) is 0 Å². The minimum absolute atomic E-state index is 0.00183. The van der Waals surface area contributed by atoms with Gasteiger partial charge in [-0.2, -0.15) is 0 Å². The monoisotopic (exact) mass is 493 g/mol. The Morgan fingerprint density at radius 1 is 1.00 bits per heavy atom. The molecule has 0 spiro atoms. The summed E-state index contributed by atoms with van der Waals surface area (Å²) in [5.41, 5.74) is 2.23. The zero-order chi connectivity index (χ0) is 24.5. The third kappa shape index (κ3) is 4.60. The number of hydrogen-bond donors (Lipinski definition) is 0. The van der Waals surface area contributed by atoms with Gasteiger partial charge in [-0.05, 0) is 41.1 Å². The first kappa shape index (κ1) is 23.6. The van der Waals surface area contributed by atoms with Gasteiger partial charge in [0.25, 0.3) is 0 Å². The van der Waals surface area contributed by atoms with E-state index < -0.39 is 6.04 Å². The van der Waals surface area contributed by atoms with Gasteiger partial charge in [0.05, 0.1) is 14.2 Å². The van der Waals surface area contributed by atoms with Crippen LogP contribution in [0.4, 0.5) is 0 Å². The van der Waals surface area contributed by atoms with Crippen LogP contribution in [0.2, 0.25) is 0 Å². The van der Waals surface area contributed by atoms with Gasteiger partial charge >= 0.3 is 0 Å². The molecule has 184 valence electrons. The molecule has 2 aliphatic heterocycles. The first-order valence-corrected chi connectivity index (χ1v) is 12.8. The Kier molecular flexibility index (Phi) is 6.67. The van der Waals surface area contributed by atoms with Crippen LogP contribution in [0.3, 0.4) is 0 Å². The fourth-order valence-corrected chi connectivity index (χ4v) is 6.33. The molecule has 2 aliphatic rings. The Balaban J connectivity index is 1.34. The first-order valence-electron chi connectivity index (χ1n) is 12.0. The molecule has 0 radical (unpaired) electrons. The number of ether oxygens (including phenoxy) is 2. The molecule has 5 rings (SSSR count). The molecule has 35 heavy (non-hydrogen) atoms. The average Bonchev–Trinajstić information content (AvgIpc) is 3.24. The van der Waals surface area contributed by atoms with Crippen LogP contribution in [-0.4, -0.2) is 73.0 Å². The maximum atomic E-state index is 13.5. The number of carbonyl (C=O) groups excluding carboxylic acids is 2. The van der Waals surface area contributed by atoms with Crippen LogP contribution in [0.25, 0.3) is 10.1 Å². The molecule has 1 unspecified atom stereocenters. The van der Waals surface area contributed by atoms with Gasteiger partial charge < -0.3 is 19.3 Å². The molecule has 7 nitrogen and oxygen atoms in total. The molecule has 2 aromatic carbocycles. The highest BCUT2D eigenvalue weighted by atomic mass is 32.1. The number of fused-ring (bicyclic) bond motifs is 2. The van der Waals surface area contributed by atoms with E-state index in [1.165, 1.54) is 20.5 Å². The molecule has 0 bridgehead atoms. The minimum atomic E-state index is -0.451.